The van der Waals surface area contributed by atoms with E-state index in [0.717, 1.165) is 11.8 Å². The molecule has 1 saturated heterocycles. The van der Waals surface area contributed by atoms with Crippen LogP contribution >= 0.6 is 0 Å². The molecule has 0 spiro atoms. The summed E-state index contributed by atoms with van der Waals surface area (Å²) in [7, 11) is 0. The molecule has 5 rings (SSSR count). The highest BCUT2D eigenvalue weighted by molar-refractivity contribution is 5.57. The zero-order valence-corrected chi connectivity index (χ0v) is 20.6. The van der Waals surface area contributed by atoms with Gasteiger partial charge in [-0.15, -0.1) is 0 Å². The van der Waals surface area contributed by atoms with Crippen molar-refractivity contribution in [3.8, 4) is 0 Å². The molecule has 0 amide bonds. The summed E-state index contributed by atoms with van der Waals surface area (Å²) in [5.74, 6) is 1.75. The Kier molecular flexibility index (Phi) is 5.42. The van der Waals surface area contributed by atoms with Gasteiger partial charge < -0.3 is 9.80 Å². The quantitative estimate of drug-likeness (QED) is 0.498. The number of fused-ring (bicyclic) bond motifs is 1. The van der Waals surface area contributed by atoms with Gasteiger partial charge in [0.25, 0.3) is 0 Å². The molecule has 1 aromatic carbocycles. The third-order valence-corrected chi connectivity index (χ3v) is 9.35. The van der Waals surface area contributed by atoms with Crippen molar-refractivity contribution in [1.29, 1.82) is 0 Å². The Bertz CT molecular complexity index is 808. The monoisotopic (exact) mass is 420 g/mol. The molecule has 4 aliphatic rings. The maximum atomic E-state index is 2.84. The van der Waals surface area contributed by atoms with Gasteiger partial charge in [-0.3, -0.25) is 0 Å². The number of aryl methyl sites for hydroxylation is 1. The summed E-state index contributed by atoms with van der Waals surface area (Å²) in [5, 5.41) is 0. The van der Waals surface area contributed by atoms with Crippen LogP contribution in [0.25, 0.3) is 0 Å². The van der Waals surface area contributed by atoms with Crippen LogP contribution in [-0.2, 0) is 0 Å². The van der Waals surface area contributed by atoms with Crippen LogP contribution < -0.4 is 4.90 Å². The highest BCUT2D eigenvalue weighted by atomic mass is 15.5. The van der Waals surface area contributed by atoms with Gasteiger partial charge in [0.15, 0.2) is 0 Å². The lowest BCUT2D eigenvalue weighted by Gasteiger charge is -2.49. The van der Waals surface area contributed by atoms with E-state index in [0.29, 0.717) is 23.7 Å². The summed E-state index contributed by atoms with van der Waals surface area (Å²) < 4.78 is 0. The van der Waals surface area contributed by atoms with Gasteiger partial charge in [-0.05, 0) is 69.2 Å². The standard InChI is InChI=1S/C29H44N2/c1-21-13-9-12-18-25(21)31-22(2)26-29(24-16-10-11-17-24,23-14-7-6-8-15-23)19-20-30(26)27(31)28(3,4)5/h9,12-13,18-20,22-24,26-27H,6-8,10-11,14-17H2,1-5H3/t22-,26?,27?,29?/m0/s1. The number of rotatable bonds is 3. The van der Waals surface area contributed by atoms with Gasteiger partial charge in [0.1, 0.15) is 6.17 Å². The molecule has 31 heavy (non-hydrogen) atoms. The van der Waals surface area contributed by atoms with E-state index < -0.39 is 0 Å². The van der Waals surface area contributed by atoms with Crippen molar-refractivity contribution in [3.63, 3.8) is 0 Å². The van der Waals surface area contributed by atoms with Crippen molar-refractivity contribution in [2.24, 2.45) is 22.7 Å². The van der Waals surface area contributed by atoms with Crippen LogP contribution in [0.1, 0.15) is 91.0 Å². The molecule has 2 nitrogen and oxygen atoms in total. The zero-order valence-electron chi connectivity index (χ0n) is 20.6. The van der Waals surface area contributed by atoms with Gasteiger partial charge in [-0.2, -0.15) is 0 Å². The minimum absolute atomic E-state index is 0.188. The van der Waals surface area contributed by atoms with Gasteiger partial charge in [0, 0.05) is 22.6 Å². The van der Waals surface area contributed by atoms with Gasteiger partial charge in [-0.1, -0.05) is 77.2 Å². The maximum Gasteiger partial charge on any atom is 0.107 e. The SMILES string of the molecule is Cc1ccccc1N1C(C(C)(C)C)N2C=CC(C3CCCCC3)(C3CCCC3)C2[C@@H]1C. The predicted molar refractivity (Wildman–Crippen MR) is 132 cm³/mol. The molecule has 0 N–H and O–H groups in total. The van der Waals surface area contributed by atoms with Crippen LogP contribution in [0.2, 0.25) is 0 Å². The zero-order chi connectivity index (χ0) is 21.8. The normalized spacial score (nSPS) is 34.7. The molecule has 2 aliphatic heterocycles. The molecular formula is C29H44N2. The molecular weight excluding hydrogens is 376 g/mol. The van der Waals surface area contributed by atoms with Crippen molar-refractivity contribution in [1.82, 2.24) is 4.90 Å². The fraction of sp³-hybridized carbons (Fsp3) is 0.724. The minimum atomic E-state index is 0.188. The van der Waals surface area contributed by atoms with Crippen molar-refractivity contribution in [2.45, 2.75) is 111 Å². The summed E-state index contributed by atoms with van der Waals surface area (Å²) in [6.45, 7) is 12.2. The second-order valence-corrected chi connectivity index (χ2v) is 12.2. The van der Waals surface area contributed by atoms with Crippen LogP contribution in [0, 0.1) is 29.6 Å². The minimum Gasteiger partial charge on any atom is -0.351 e. The summed E-state index contributed by atoms with van der Waals surface area (Å²) in [5.41, 5.74) is 3.42. The van der Waals surface area contributed by atoms with E-state index in [-0.39, 0.29) is 5.41 Å². The van der Waals surface area contributed by atoms with Gasteiger partial charge in [0.2, 0.25) is 0 Å². The Morgan fingerprint density at radius 3 is 2.03 bits per heavy atom. The largest absolute Gasteiger partial charge is 0.351 e. The van der Waals surface area contributed by atoms with Gasteiger partial charge >= 0.3 is 0 Å². The van der Waals surface area contributed by atoms with Gasteiger partial charge in [0.05, 0.1) is 6.04 Å². The van der Waals surface area contributed by atoms with E-state index in [9.17, 15) is 0 Å². The Labute approximate surface area is 191 Å². The fourth-order valence-electron chi connectivity index (χ4n) is 8.27. The molecule has 2 saturated carbocycles. The first-order valence-corrected chi connectivity index (χ1v) is 13.2. The Balaban J connectivity index is 1.62. The maximum absolute atomic E-state index is 2.84. The Morgan fingerprint density at radius 2 is 1.45 bits per heavy atom. The second-order valence-electron chi connectivity index (χ2n) is 12.2. The lowest BCUT2D eigenvalue weighted by molar-refractivity contribution is 0.0234. The molecule has 2 heteroatoms. The molecule has 4 atom stereocenters. The lowest BCUT2D eigenvalue weighted by atomic mass is 9.57. The van der Waals surface area contributed by atoms with Crippen molar-refractivity contribution < 1.29 is 0 Å². The fourth-order valence-corrected chi connectivity index (χ4v) is 8.27. The first-order chi connectivity index (χ1) is 14.9. The second kappa shape index (κ2) is 7.85. The molecule has 0 bridgehead atoms. The summed E-state index contributed by atoms with van der Waals surface area (Å²) >= 11 is 0. The third-order valence-electron chi connectivity index (χ3n) is 9.35. The summed E-state index contributed by atoms with van der Waals surface area (Å²) in [6, 6.07) is 10.2. The van der Waals surface area contributed by atoms with Crippen LogP contribution in [0.5, 0.6) is 0 Å². The number of nitrogens with zero attached hydrogens (tertiary/aromatic N) is 2. The molecule has 2 heterocycles. The van der Waals surface area contributed by atoms with E-state index in [1.54, 1.807) is 0 Å². The van der Waals surface area contributed by atoms with Crippen molar-refractivity contribution in [3.05, 3.63) is 42.1 Å². The average Bonchev–Trinajstić information content (AvgIpc) is 3.46. The highest BCUT2D eigenvalue weighted by Gasteiger charge is 2.62. The van der Waals surface area contributed by atoms with E-state index >= 15 is 0 Å². The first-order valence-electron chi connectivity index (χ1n) is 13.2. The van der Waals surface area contributed by atoms with Crippen LogP contribution in [0.3, 0.4) is 0 Å². The topological polar surface area (TPSA) is 6.48 Å². The van der Waals surface area contributed by atoms with Crippen LogP contribution in [0.4, 0.5) is 5.69 Å². The Morgan fingerprint density at radius 1 is 0.871 bits per heavy atom. The van der Waals surface area contributed by atoms with Crippen molar-refractivity contribution >= 4 is 5.69 Å². The molecule has 3 fully saturated rings. The van der Waals surface area contributed by atoms with E-state index in [1.807, 2.05) is 0 Å². The number of benzene rings is 1. The van der Waals surface area contributed by atoms with E-state index in [1.165, 1.54) is 69.0 Å². The number of hydrogen-bond acceptors (Lipinski definition) is 2. The Hall–Kier alpha value is -1.44. The summed E-state index contributed by atoms with van der Waals surface area (Å²) in [4.78, 5) is 5.65. The van der Waals surface area contributed by atoms with Crippen LogP contribution in [0.15, 0.2) is 36.5 Å². The molecule has 2 aliphatic carbocycles. The number of para-hydroxylation sites is 1. The van der Waals surface area contributed by atoms with Crippen LogP contribution in [-0.4, -0.2) is 23.1 Å². The third kappa shape index (κ3) is 3.26. The van der Waals surface area contributed by atoms with E-state index in [2.05, 4.69) is 81.0 Å². The molecule has 1 aromatic rings. The van der Waals surface area contributed by atoms with Gasteiger partial charge in [-0.25, -0.2) is 0 Å². The predicted octanol–water partition coefficient (Wildman–Crippen LogP) is 7.53. The highest BCUT2D eigenvalue weighted by Crippen LogP contribution is 2.61. The number of hydrogen-bond donors (Lipinski definition) is 0. The van der Waals surface area contributed by atoms with E-state index in [4.69, 9.17) is 0 Å². The first kappa shape index (κ1) is 21.4. The summed E-state index contributed by atoms with van der Waals surface area (Å²) in [6.07, 6.45) is 18.8. The average molecular weight is 421 g/mol. The molecule has 0 aromatic heterocycles. The number of anilines is 1. The van der Waals surface area contributed by atoms with Crippen molar-refractivity contribution in [2.75, 3.05) is 4.90 Å². The smallest absolute Gasteiger partial charge is 0.107 e. The molecule has 0 radical (unpaired) electrons. The molecule has 3 unspecified atom stereocenters. The molecule has 170 valence electrons. The lowest BCUT2D eigenvalue weighted by Crippen LogP contribution is -2.52.